The van der Waals surface area contributed by atoms with Gasteiger partial charge in [0.1, 0.15) is 11.4 Å². The standard InChI is InChI=1S/C11H10N4OS/c12-9-2-1-7(5-8(9)11(13)16)17-10-3-4-14-6-15-10/h1-6H,12H2,(H2,13,16). The Kier molecular flexibility index (Phi) is 3.24. The van der Waals surface area contributed by atoms with Gasteiger partial charge in [0.15, 0.2) is 0 Å². The van der Waals surface area contributed by atoms with Crippen LogP contribution < -0.4 is 11.5 Å². The monoisotopic (exact) mass is 246 g/mol. The summed E-state index contributed by atoms with van der Waals surface area (Å²) < 4.78 is 0. The third kappa shape index (κ3) is 2.73. The topological polar surface area (TPSA) is 94.9 Å². The van der Waals surface area contributed by atoms with Crippen LogP contribution in [0.5, 0.6) is 0 Å². The Morgan fingerprint density at radius 3 is 2.76 bits per heavy atom. The van der Waals surface area contributed by atoms with Crippen LogP contribution in [0.1, 0.15) is 10.4 Å². The maximum absolute atomic E-state index is 11.1. The van der Waals surface area contributed by atoms with Crippen LogP contribution >= 0.6 is 11.8 Å². The minimum Gasteiger partial charge on any atom is -0.398 e. The van der Waals surface area contributed by atoms with Crippen molar-refractivity contribution in [2.24, 2.45) is 5.73 Å². The first kappa shape index (κ1) is 11.4. The van der Waals surface area contributed by atoms with E-state index in [0.717, 1.165) is 9.92 Å². The van der Waals surface area contributed by atoms with Crippen LogP contribution in [0.25, 0.3) is 0 Å². The number of nitrogens with two attached hydrogens (primary N) is 2. The lowest BCUT2D eigenvalue weighted by molar-refractivity contribution is 0.100. The van der Waals surface area contributed by atoms with Crippen molar-refractivity contribution in [2.45, 2.75) is 9.92 Å². The molecule has 0 aliphatic rings. The fourth-order valence-electron chi connectivity index (χ4n) is 1.27. The molecule has 0 aliphatic heterocycles. The van der Waals surface area contributed by atoms with Gasteiger partial charge in [0, 0.05) is 16.8 Å². The zero-order chi connectivity index (χ0) is 12.3. The van der Waals surface area contributed by atoms with Crippen LogP contribution in [0, 0.1) is 0 Å². The first-order chi connectivity index (χ1) is 8.16. The van der Waals surface area contributed by atoms with Gasteiger partial charge >= 0.3 is 0 Å². The van der Waals surface area contributed by atoms with Crippen molar-refractivity contribution < 1.29 is 4.79 Å². The summed E-state index contributed by atoms with van der Waals surface area (Å²) in [6, 6.07) is 6.91. The third-order valence-electron chi connectivity index (χ3n) is 2.07. The Bertz CT molecular complexity index is 544. The number of aromatic nitrogens is 2. The van der Waals surface area contributed by atoms with Crippen molar-refractivity contribution in [3.05, 3.63) is 42.4 Å². The van der Waals surface area contributed by atoms with E-state index in [0.29, 0.717) is 11.3 Å². The number of hydrogen-bond donors (Lipinski definition) is 2. The van der Waals surface area contributed by atoms with Crippen LogP contribution in [0.4, 0.5) is 5.69 Å². The molecular weight excluding hydrogens is 236 g/mol. The van der Waals surface area contributed by atoms with Gasteiger partial charge in [-0.3, -0.25) is 4.79 Å². The van der Waals surface area contributed by atoms with Gasteiger partial charge in [0.05, 0.1) is 5.56 Å². The van der Waals surface area contributed by atoms with E-state index in [1.807, 2.05) is 6.07 Å². The molecule has 0 atom stereocenters. The average molecular weight is 246 g/mol. The molecule has 1 heterocycles. The maximum atomic E-state index is 11.1. The molecule has 6 heteroatoms. The summed E-state index contributed by atoms with van der Waals surface area (Å²) >= 11 is 1.41. The number of primary amides is 1. The van der Waals surface area contributed by atoms with Crippen LogP contribution in [0.15, 0.2) is 46.7 Å². The molecule has 1 amide bonds. The second-order valence-electron chi connectivity index (χ2n) is 3.26. The van der Waals surface area contributed by atoms with Gasteiger partial charge in [0.25, 0.3) is 5.91 Å². The van der Waals surface area contributed by atoms with Crippen molar-refractivity contribution in [1.82, 2.24) is 9.97 Å². The largest absolute Gasteiger partial charge is 0.398 e. The molecule has 0 spiro atoms. The molecule has 0 bridgehead atoms. The van der Waals surface area contributed by atoms with Crippen molar-refractivity contribution in [1.29, 1.82) is 0 Å². The summed E-state index contributed by atoms with van der Waals surface area (Å²) in [5, 5.41) is 0.792. The number of anilines is 1. The summed E-state index contributed by atoms with van der Waals surface area (Å²) in [6.45, 7) is 0. The van der Waals surface area contributed by atoms with E-state index in [2.05, 4.69) is 9.97 Å². The quantitative estimate of drug-likeness (QED) is 0.629. The van der Waals surface area contributed by atoms with E-state index < -0.39 is 5.91 Å². The van der Waals surface area contributed by atoms with Crippen molar-refractivity contribution in [3.63, 3.8) is 0 Å². The number of hydrogen-bond acceptors (Lipinski definition) is 5. The molecule has 86 valence electrons. The normalized spacial score (nSPS) is 10.1. The van der Waals surface area contributed by atoms with Gasteiger partial charge in [-0.1, -0.05) is 11.8 Å². The number of nitrogen functional groups attached to an aromatic ring is 1. The Morgan fingerprint density at radius 2 is 2.12 bits per heavy atom. The first-order valence-corrected chi connectivity index (χ1v) is 5.61. The van der Waals surface area contributed by atoms with E-state index in [9.17, 15) is 4.79 Å². The highest BCUT2D eigenvalue weighted by atomic mass is 32.2. The number of nitrogens with zero attached hydrogens (tertiary/aromatic N) is 2. The number of carbonyl (C=O) groups excluding carboxylic acids is 1. The summed E-state index contributed by atoms with van der Waals surface area (Å²) in [6.07, 6.45) is 3.12. The fraction of sp³-hybridized carbons (Fsp3) is 0. The highest BCUT2D eigenvalue weighted by molar-refractivity contribution is 7.99. The lowest BCUT2D eigenvalue weighted by Crippen LogP contribution is -2.13. The van der Waals surface area contributed by atoms with Gasteiger partial charge in [0.2, 0.25) is 0 Å². The summed E-state index contributed by atoms with van der Waals surface area (Å²) in [5.41, 5.74) is 11.6. The van der Waals surface area contributed by atoms with Crippen molar-refractivity contribution in [3.8, 4) is 0 Å². The Balaban J connectivity index is 2.29. The molecular formula is C11H10N4OS. The van der Waals surface area contributed by atoms with Gasteiger partial charge in [-0.15, -0.1) is 0 Å². The highest BCUT2D eigenvalue weighted by Gasteiger charge is 2.07. The van der Waals surface area contributed by atoms with Gasteiger partial charge in [-0.2, -0.15) is 0 Å². The van der Waals surface area contributed by atoms with Gasteiger partial charge < -0.3 is 11.5 Å². The van der Waals surface area contributed by atoms with E-state index in [1.54, 1.807) is 24.4 Å². The van der Waals surface area contributed by atoms with E-state index in [-0.39, 0.29) is 0 Å². The summed E-state index contributed by atoms with van der Waals surface area (Å²) in [4.78, 5) is 19.9. The maximum Gasteiger partial charge on any atom is 0.250 e. The molecule has 0 saturated heterocycles. The molecule has 5 nitrogen and oxygen atoms in total. The molecule has 17 heavy (non-hydrogen) atoms. The van der Waals surface area contributed by atoms with E-state index in [1.165, 1.54) is 18.1 Å². The number of amides is 1. The second-order valence-corrected chi connectivity index (χ2v) is 4.36. The second kappa shape index (κ2) is 4.84. The van der Waals surface area contributed by atoms with E-state index in [4.69, 9.17) is 11.5 Å². The minimum atomic E-state index is -0.535. The lowest BCUT2D eigenvalue weighted by atomic mass is 10.2. The molecule has 0 saturated carbocycles. The smallest absolute Gasteiger partial charge is 0.250 e. The van der Waals surface area contributed by atoms with Gasteiger partial charge in [-0.05, 0) is 24.3 Å². The third-order valence-corrected chi connectivity index (χ3v) is 3.01. The molecule has 0 radical (unpaired) electrons. The number of benzene rings is 1. The molecule has 2 rings (SSSR count). The van der Waals surface area contributed by atoms with Crippen LogP contribution in [0.3, 0.4) is 0 Å². The van der Waals surface area contributed by atoms with Crippen LogP contribution in [-0.4, -0.2) is 15.9 Å². The Hall–Kier alpha value is -2.08. The molecule has 4 N–H and O–H groups in total. The molecule has 1 aromatic heterocycles. The van der Waals surface area contributed by atoms with Crippen molar-refractivity contribution in [2.75, 3.05) is 5.73 Å². The predicted octanol–water partition coefficient (Wildman–Crippen LogP) is 1.31. The number of rotatable bonds is 3. The summed E-state index contributed by atoms with van der Waals surface area (Å²) in [7, 11) is 0. The average Bonchev–Trinajstić information content (AvgIpc) is 2.32. The Labute approximate surface area is 102 Å². The lowest BCUT2D eigenvalue weighted by Gasteiger charge is -2.05. The van der Waals surface area contributed by atoms with Crippen LogP contribution in [0.2, 0.25) is 0 Å². The van der Waals surface area contributed by atoms with E-state index >= 15 is 0 Å². The molecule has 1 aromatic carbocycles. The Morgan fingerprint density at radius 1 is 1.29 bits per heavy atom. The zero-order valence-electron chi connectivity index (χ0n) is 8.83. The van der Waals surface area contributed by atoms with Crippen LogP contribution in [-0.2, 0) is 0 Å². The highest BCUT2D eigenvalue weighted by Crippen LogP contribution is 2.27. The molecule has 0 fully saturated rings. The fourth-order valence-corrected chi connectivity index (χ4v) is 2.06. The van der Waals surface area contributed by atoms with Gasteiger partial charge in [-0.25, -0.2) is 9.97 Å². The number of carbonyl (C=O) groups is 1. The molecule has 0 unspecified atom stereocenters. The predicted molar refractivity (Wildman–Crippen MR) is 65.5 cm³/mol. The molecule has 0 aliphatic carbocycles. The first-order valence-electron chi connectivity index (χ1n) is 4.80. The molecule has 2 aromatic rings. The SMILES string of the molecule is NC(=O)c1cc(Sc2ccncn2)ccc1N. The zero-order valence-corrected chi connectivity index (χ0v) is 9.65. The minimum absolute atomic E-state index is 0.323. The van der Waals surface area contributed by atoms with Crippen molar-refractivity contribution >= 4 is 23.4 Å². The summed E-state index contributed by atoms with van der Waals surface area (Å²) in [5.74, 6) is -0.535.